The summed E-state index contributed by atoms with van der Waals surface area (Å²) in [6.45, 7) is 1.93. The normalized spacial score (nSPS) is 14.2. The van der Waals surface area contributed by atoms with E-state index in [1.807, 2.05) is 6.92 Å². The fourth-order valence-corrected chi connectivity index (χ4v) is 3.49. The van der Waals surface area contributed by atoms with Crippen molar-refractivity contribution in [2.75, 3.05) is 11.1 Å². The number of anilines is 1. The number of fused-ring (bicyclic) bond motifs is 1. The standard InChI is InChI=1S/C15H16N6O2S/c1-8-19-20-15(21(8)10-3-4-10)24-7-13(22)16-9-2-5-11-12(6-9)18-14(23)17-11/h2,5-6,10H,3-4,7H2,1H3,(H,16,22)(H2,17,18,23). The molecule has 1 saturated carbocycles. The minimum absolute atomic E-state index is 0.125. The molecule has 0 atom stereocenters. The third-order valence-corrected chi connectivity index (χ3v) is 4.82. The van der Waals surface area contributed by atoms with Crippen molar-refractivity contribution in [1.29, 1.82) is 0 Å². The van der Waals surface area contributed by atoms with E-state index in [0.29, 0.717) is 22.8 Å². The highest BCUT2D eigenvalue weighted by molar-refractivity contribution is 7.99. The smallest absolute Gasteiger partial charge is 0.323 e. The Bertz CT molecular complexity index is 968. The Hall–Kier alpha value is -2.55. The predicted octanol–water partition coefficient (Wildman–Crippen LogP) is 1.82. The maximum Gasteiger partial charge on any atom is 0.323 e. The summed E-state index contributed by atoms with van der Waals surface area (Å²) in [5, 5.41) is 11.9. The molecule has 0 aliphatic heterocycles. The molecule has 1 aromatic carbocycles. The predicted molar refractivity (Wildman–Crippen MR) is 91.3 cm³/mol. The molecular weight excluding hydrogens is 328 g/mol. The first-order chi connectivity index (χ1) is 11.6. The van der Waals surface area contributed by atoms with E-state index in [2.05, 4.69) is 30.0 Å². The molecular formula is C15H16N6O2S. The van der Waals surface area contributed by atoms with Crippen molar-refractivity contribution < 1.29 is 4.79 Å². The molecule has 1 amide bonds. The molecule has 9 heteroatoms. The van der Waals surface area contributed by atoms with Crippen molar-refractivity contribution in [3.63, 3.8) is 0 Å². The van der Waals surface area contributed by atoms with Gasteiger partial charge in [0.05, 0.1) is 16.8 Å². The Labute approximate surface area is 141 Å². The van der Waals surface area contributed by atoms with E-state index in [9.17, 15) is 9.59 Å². The average molecular weight is 344 g/mol. The molecule has 3 aromatic rings. The van der Waals surface area contributed by atoms with Crippen LogP contribution in [0.25, 0.3) is 11.0 Å². The number of amides is 1. The van der Waals surface area contributed by atoms with Gasteiger partial charge in [-0.05, 0) is 38.0 Å². The van der Waals surface area contributed by atoms with Crippen LogP contribution in [0, 0.1) is 6.92 Å². The van der Waals surface area contributed by atoms with Crippen LogP contribution in [0.5, 0.6) is 0 Å². The topological polar surface area (TPSA) is 108 Å². The van der Waals surface area contributed by atoms with Crippen molar-refractivity contribution >= 4 is 34.4 Å². The third-order valence-electron chi connectivity index (χ3n) is 3.88. The van der Waals surface area contributed by atoms with Crippen molar-refractivity contribution in [2.45, 2.75) is 31.0 Å². The van der Waals surface area contributed by atoms with Gasteiger partial charge < -0.3 is 19.9 Å². The van der Waals surface area contributed by atoms with E-state index in [-0.39, 0.29) is 17.3 Å². The van der Waals surface area contributed by atoms with Crippen LogP contribution in [0.15, 0.2) is 28.2 Å². The molecule has 1 aliphatic rings. The number of nitrogens with zero attached hydrogens (tertiary/aromatic N) is 3. The molecule has 1 fully saturated rings. The Morgan fingerprint density at radius 2 is 2.12 bits per heavy atom. The van der Waals surface area contributed by atoms with Gasteiger partial charge in [0.25, 0.3) is 0 Å². The largest absolute Gasteiger partial charge is 0.325 e. The number of rotatable bonds is 5. The van der Waals surface area contributed by atoms with Gasteiger partial charge in [-0.3, -0.25) is 4.79 Å². The van der Waals surface area contributed by atoms with Crippen molar-refractivity contribution in [1.82, 2.24) is 24.7 Å². The van der Waals surface area contributed by atoms with Crippen LogP contribution in [0.3, 0.4) is 0 Å². The second-order valence-corrected chi connectivity index (χ2v) is 6.75. The van der Waals surface area contributed by atoms with Crippen molar-refractivity contribution in [2.24, 2.45) is 0 Å². The summed E-state index contributed by atoms with van der Waals surface area (Å²) in [6, 6.07) is 5.72. The fourth-order valence-electron chi connectivity index (χ4n) is 2.64. The Kier molecular flexibility index (Phi) is 3.64. The van der Waals surface area contributed by atoms with Gasteiger partial charge in [-0.25, -0.2) is 4.79 Å². The lowest BCUT2D eigenvalue weighted by atomic mass is 10.3. The van der Waals surface area contributed by atoms with Crippen LogP contribution < -0.4 is 11.0 Å². The highest BCUT2D eigenvalue weighted by Gasteiger charge is 2.28. The number of aromatic nitrogens is 5. The number of hydrogen-bond donors (Lipinski definition) is 3. The number of H-pyrrole nitrogens is 2. The first-order valence-corrected chi connectivity index (χ1v) is 8.65. The number of aromatic amines is 2. The molecule has 8 nitrogen and oxygen atoms in total. The summed E-state index contributed by atoms with van der Waals surface area (Å²) in [6.07, 6.45) is 2.29. The van der Waals surface area contributed by atoms with Crippen LogP contribution in [-0.2, 0) is 4.79 Å². The molecule has 0 spiro atoms. The number of aryl methyl sites for hydroxylation is 1. The van der Waals surface area contributed by atoms with Crippen LogP contribution in [0.2, 0.25) is 0 Å². The second kappa shape index (κ2) is 5.82. The summed E-state index contributed by atoms with van der Waals surface area (Å²) < 4.78 is 2.11. The van der Waals surface area contributed by atoms with Crippen LogP contribution in [0.1, 0.15) is 24.7 Å². The molecule has 0 bridgehead atoms. The first-order valence-electron chi connectivity index (χ1n) is 7.66. The lowest BCUT2D eigenvalue weighted by molar-refractivity contribution is -0.113. The lowest BCUT2D eigenvalue weighted by Gasteiger charge is -2.07. The van der Waals surface area contributed by atoms with E-state index in [1.165, 1.54) is 11.8 Å². The van der Waals surface area contributed by atoms with Gasteiger partial charge in [0.2, 0.25) is 5.91 Å². The average Bonchev–Trinajstić information content (AvgIpc) is 3.20. The fraction of sp³-hybridized carbons (Fsp3) is 0.333. The van der Waals surface area contributed by atoms with Crippen LogP contribution >= 0.6 is 11.8 Å². The SMILES string of the molecule is Cc1nnc(SCC(=O)Nc2ccc3[nH]c(=O)[nH]c3c2)n1C1CC1. The Balaban J connectivity index is 1.41. The number of carbonyl (C=O) groups excluding carboxylic acids is 1. The summed E-state index contributed by atoms with van der Waals surface area (Å²) in [5.41, 5.74) is 1.75. The number of nitrogens with one attached hydrogen (secondary N) is 3. The maximum absolute atomic E-state index is 12.2. The van der Waals surface area contributed by atoms with Gasteiger partial charge >= 0.3 is 5.69 Å². The molecule has 0 unspecified atom stereocenters. The Morgan fingerprint density at radius 3 is 2.92 bits per heavy atom. The number of thioether (sulfide) groups is 1. The molecule has 3 N–H and O–H groups in total. The molecule has 1 aliphatic carbocycles. The van der Waals surface area contributed by atoms with Crippen molar-refractivity contribution in [3.8, 4) is 0 Å². The molecule has 24 heavy (non-hydrogen) atoms. The first kappa shape index (κ1) is 15.0. The maximum atomic E-state index is 12.2. The highest BCUT2D eigenvalue weighted by Crippen LogP contribution is 2.38. The van der Waals surface area contributed by atoms with Crippen LogP contribution in [0.4, 0.5) is 5.69 Å². The van der Waals surface area contributed by atoms with Gasteiger partial charge in [0, 0.05) is 11.7 Å². The van der Waals surface area contributed by atoms with E-state index in [1.54, 1.807) is 18.2 Å². The van der Waals surface area contributed by atoms with Gasteiger partial charge in [0.1, 0.15) is 5.82 Å². The van der Waals surface area contributed by atoms with E-state index in [0.717, 1.165) is 23.8 Å². The molecule has 0 saturated heterocycles. The number of hydrogen-bond acceptors (Lipinski definition) is 5. The minimum Gasteiger partial charge on any atom is -0.325 e. The molecule has 2 heterocycles. The molecule has 2 aromatic heterocycles. The zero-order chi connectivity index (χ0) is 16.7. The highest BCUT2D eigenvalue weighted by atomic mass is 32.2. The summed E-state index contributed by atoms with van der Waals surface area (Å²) in [4.78, 5) is 28.8. The van der Waals surface area contributed by atoms with E-state index in [4.69, 9.17) is 0 Å². The number of imidazole rings is 1. The van der Waals surface area contributed by atoms with Gasteiger partial charge in [-0.1, -0.05) is 11.8 Å². The molecule has 0 radical (unpaired) electrons. The summed E-state index contributed by atoms with van der Waals surface area (Å²) in [5.74, 6) is 1.02. The summed E-state index contributed by atoms with van der Waals surface area (Å²) >= 11 is 1.38. The van der Waals surface area contributed by atoms with Gasteiger partial charge in [0.15, 0.2) is 5.16 Å². The zero-order valence-corrected chi connectivity index (χ0v) is 13.8. The number of benzene rings is 1. The van der Waals surface area contributed by atoms with Gasteiger partial charge in [-0.2, -0.15) is 0 Å². The zero-order valence-electron chi connectivity index (χ0n) is 13.0. The minimum atomic E-state index is -0.265. The Morgan fingerprint density at radius 1 is 1.33 bits per heavy atom. The van der Waals surface area contributed by atoms with E-state index >= 15 is 0 Å². The number of carbonyl (C=O) groups is 1. The third kappa shape index (κ3) is 2.94. The second-order valence-electron chi connectivity index (χ2n) is 5.81. The molecule has 4 rings (SSSR count). The lowest BCUT2D eigenvalue weighted by Crippen LogP contribution is -2.14. The van der Waals surface area contributed by atoms with Crippen LogP contribution in [-0.4, -0.2) is 36.4 Å². The summed E-state index contributed by atoms with van der Waals surface area (Å²) in [7, 11) is 0. The van der Waals surface area contributed by atoms with Gasteiger partial charge in [-0.15, -0.1) is 10.2 Å². The van der Waals surface area contributed by atoms with E-state index < -0.39 is 0 Å². The monoisotopic (exact) mass is 344 g/mol. The molecule has 124 valence electrons. The quantitative estimate of drug-likeness (QED) is 0.612. The van der Waals surface area contributed by atoms with Crippen molar-refractivity contribution in [3.05, 3.63) is 34.5 Å².